The van der Waals surface area contributed by atoms with Gasteiger partial charge >= 0.3 is 0 Å². The molecule has 2 nitrogen and oxygen atoms in total. The number of furan rings is 1. The van der Waals surface area contributed by atoms with Crippen LogP contribution in [0.5, 0.6) is 0 Å². The van der Waals surface area contributed by atoms with Crippen molar-refractivity contribution >= 4 is 39.0 Å². The van der Waals surface area contributed by atoms with E-state index in [1.165, 1.54) is 44.5 Å². The van der Waals surface area contributed by atoms with Crippen molar-refractivity contribution in [2.75, 3.05) is 4.90 Å². The fraction of sp³-hybridized carbons (Fsp3) is 0.0182. The highest BCUT2D eigenvalue weighted by molar-refractivity contribution is 6.11. The van der Waals surface area contributed by atoms with Crippen LogP contribution in [-0.2, 0) is 5.41 Å². The number of nitrogens with zero attached hydrogens (tertiary/aromatic N) is 1. The van der Waals surface area contributed by atoms with Crippen molar-refractivity contribution < 1.29 is 4.42 Å². The molecule has 268 valence electrons. The minimum absolute atomic E-state index is 0.494. The van der Waals surface area contributed by atoms with E-state index in [0.717, 1.165) is 50.1 Å². The molecule has 0 amide bonds. The third-order valence-electron chi connectivity index (χ3n) is 11.7. The summed E-state index contributed by atoms with van der Waals surface area (Å²) in [4.78, 5) is 2.35. The van der Waals surface area contributed by atoms with Crippen molar-refractivity contribution in [2.24, 2.45) is 0 Å². The van der Waals surface area contributed by atoms with E-state index >= 15 is 0 Å². The lowest BCUT2D eigenvalue weighted by atomic mass is 9.67. The van der Waals surface area contributed by atoms with Crippen molar-refractivity contribution in [2.45, 2.75) is 5.41 Å². The van der Waals surface area contributed by atoms with Gasteiger partial charge in [-0.25, -0.2) is 0 Å². The van der Waals surface area contributed by atoms with Crippen LogP contribution < -0.4 is 4.90 Å². The van der Waals surface area contributed by atoms with Gasteiger partial charge in [0.05, 0.1) is 11.1 Å². The van der Waals surface area contributed by atoms with E-state index in [-0.39, 0.29) is 0 Å². The zero-order valence-electron chi connectivity index (χ0n) is 31.2. The standard InChI is InChI=1S/C55H37NO/c1-5-18-38(19-6-1)40-34-41(39-20-7-2-8-21-39)36-45(35-40)56(44-24-11-4-12-25-44)52-31-17-28-48-49-37-43(32-33-53(49)57-54(48)52)55(42-22-9-3-10-23-42)50-29-15-13-26-46(50)47-27-14-16-30-51(47)55/h1-37H. The molecular formula is C55H37NO. The van der Waals surface area contributed by atoms with Gasteiger partial charge in [-0.3, -0.25) is 0 Å². The second kappa shape index (κ2) is 13.4. The van der Waals surface area contributed by atoms with Crippen molar-refractivity contribution in [3.8, 4) is 33.4 Å². The number of hydrogen-bond donors (Lipinski definition) is 0. The van der Waals surface area contributed by atoms with E-state index in [1.54, 1.807) is 0 Å². The molecule has 0 aliphatic heterocycles. The third kappa shape index (κ3) is 5.26. The molecule has 0 fully saturated rings. The Kier molecular flexibility index (Phi) is 7.75. The molecule has 0 saturated heterocycles. The van der Waals surface area contributed by atoms with E-state index in [1.807, 2.05) is 0 Å². The summed E-state index contributed by atoms with van der Waals surface area (Å²) in [7, 11) is 0. The van der Waals surface area contributed by atoms with E-state index in [0.29, 0.717) is 0 Å². The molecule has 0 atom stereocenters. The lowest BCUT2D eigenvalue weighted by molar-refractivity contribution is 0.668. The Morgan fingerprint density at radius 2 is 0.895 bits per heavy atom. The van der Waals surface area contributed by atoms with Crippen LogP contribution >= 0.6 is 0 Å². The molecule has 10 aromatic rings. The molecule has 1 aliphatic carbocycles. The third-order valence-corrected chi connectivity index (χ3v) is 11.7. The molecule has 1 heterocycles. The molecular weight excluding hydrogens is 691 g/mol. The average Bonchev–Trinajstić information content (AvgIpc) is 3.82. The number of para-hydroxylation sites is 2. The average molecular weight is 728 g/mol. The summed E-state index contributed by atoms with van der Waals surface area (Å²) in [6.45, 7) is 0. The minimum atomic E-state index is -0.494. The van der Waals surface area contributed by atoms with Gasteiger partial charge in [-0.15, -0.1) is 0 Å². The highest BCUT2D eigenvalue weighted by atomic mass is 16.3. The number of hydrogen-bond acceptors (Lipinski definition) is 2. The summed E-state index contributed by atoms with van der Waals surface area (Å²) in [6.07, 6.45) is 0. The quantitative estimate of drug-likeness (QED) is 0.163. The van der Waals surface area contributed by atoms with Crippen molar-refractivity contribution in [1.82, 2.24) is 0 Å². The topological polar surface area (TPSA) is 16.4 Å². The van der Waals surface area contributed by atoms with Gasteiger partial charge < -0.3 is 9.32 Å². The first kappa shape index (κ1) is 33.0. The fourth-order valence-electron chi connectivity index (χ4n) is 9.24. The van der Waals surface area contributed by atoms with Gasteiger partial charge in [-0.2, -0.15) is 0 Å². The van der Waals surface area contributed by atoms with Crippen LogP contribution in [0.1, 0.15) is 22.3 Å². The Morgan fingerprint density at radius 1 is 0.351 bits per heavy atom. The summed E-state index contributed by atoms with van der Waals surface area (Å²) in [6, 6.07) is 81.0. The first-order valence-corrected chi connectivity index (χ1v) is 19.6. The first-order chi connectivity index (χ1) is 28.3. The highest BCUT2D eigenvalue weighted by Gasteiger charge is 2.46. The first-order valence-electron chi connectivity index (χ1n) is 19.6. The van der Waals surface area contributed by atoms with Crippen molar-refractivity contribution in [3.63, 3.8) is 0 Å². The van der Waals surface area contributed by atoms with Crippen molar-refractivity contribution in [3.05, 3.63) is 247 Å². The van der Waals surface area contributed by atoms with Crippen LogP contribution in [0, 0.1) is 0 Å². The Morgan fingerprint density at radius 3 is 1.51 bits per heavy atom. The van der Waals surface area contributed by atoms with Gasteiger partial charge in [-0.05, 0) is 104 Å². The van der Waals surface area contributed by atoms with Crippen LogP contribution in [0.4, 0.5) is 17.1 Å². The molecule has 0 bridgehead atoms. The molecule has 1 aromatic heterocycles. The van der Waals surface area contributed by atoms with Crippen LogP contribution in [-0.4, -0.2) is 0 Å². The Labute approximate surface area is 332 Å². The van der Waals surface area contributed by atoms with Gasteiger partial charge in [0.2, 0.25) is 0 Å². The second-order valence-corrected chi connectivity index (χ2v) is 14.8. The molecule has 0 spiro atoms. The monoisotopic (exact) mass is 727 g/mol. The summed E-state index contributed by atoms with van der Waals surface area (Å²) in [5, 5.41) is 2.17. The lowest BCUT2D eigenvalue weighted by Gasteiger charge is -2.33. The predicted molar refractivity (Wildman–Crippen MR) is 237 cm³/mol. The molecule has 9 aromatic carbocycles. The second-order valence-electron chi connectivity index (χ2n) is 14.8. The van der Waals surface area contributed by atoms with Gasteiger partial charge in [-0.1, -0.05) is 176 Å². The normalized spacial score (nSPS) is 12.7. The predicted octanol–water partition coefficient (Wildman–Crippen LogP) is 14.8. The number of rotatable bonds is 7. The van der Waals surface area contributed by atoms with Crippen LogP contribution in [0.3, 0.4) is 0 Å². The molecule has 57 heavy (non-hydrogen) atoms. The SMILES string of the molecule is c1ccc(-c2cc(-c3ccccc3)cc(N(c3ccccc3)c3cccc4c3oc3ccc(C5(c6ccccc6)c6ccccc6-c6ccccc65)cc34)c2)cc1. The van der Waals surface area contributed by atoms with Gasteiger partial charge in [0.25, 0.3) is 0 Å². The molecule has 1 aliphatic rings. The molecule has 2 heteroatoms. The zero-order chi connectivity index (χ0) is 37.8. The maximum absolute atomic E-state index is 6.99. The summed E-state index contributed by atoms with van der Waals surface area (Å²) >= 11 is 0. The molecule has 0 radical (unpaired) electrons. The van der Waals surface area contributed by atoms with E-state index < -0.39 is 5.41 Å². The summed E-state index contributed by atoms with van der Waals surface area (Å²) in [5.74, 6) is 0. The summed E-state index contributed by atoms with van der Waals surface area (Å²) < 4.78 is 6.99. The van der Waals surface area contributed by atoms with Gasteiger partial charge in [0.15, 0.2) is 5.58 Å². The van der Waals surface area contributed by atoms with E-state index in [2.05, 4.69) is 229 Å². The van der Waals surface area contributed by atoms with Crippen molar-refractivity contribution in [1.29, 1.82) is 0 Å². The fourth-order valence-corrected chi connectivity index (χ4v) is 9.24. The Hall–Kier alpha value is -7.42. The maximum atomic E-state index is 6.99. The van der Waals surface area contributed by atoms with Crippen LogP contribution in [0.2, 0.25) is 0 Å². The van der Waals surface area contributed by atoms with E-state index in [4.69, 9.17) is 4.42 Å². The molecule has 11 rings (SSSR count). The minimum Gasteiger partial charge on any atom is -0.454 e. The number of fused-ring (bicyclic) bond motifs is 6. The zero-order valence-corrected chi connectivity index (χ0v) is 31.2. The highest BCUT2D eigenvalue weighted by Crippen LogP contribution is 2.56. The van der Waals surface area contributed by atoms with Gasteiger partial charge in [0, 0.05) is 22.1 Å². The molecule has 0 unspecified atom stereocenters. The largest absolute Gasteiger partial charge is 0.454 e. The van der Waals surface area contributed by atoms with Gasteiger partial charge in [0.1, 0.15) is 5.58 Å². The lowest BCUT2D eigenvalue weighted by Crippen LogP contribution is -2.28. The number of anilines is 3. The van der Waals surface area contributed by atoms with E-state index in [9.17, 15) is 0 Å². The molecule has 0 N–H and O–H groups in total. The number of benzene rings is 9. The Bertz CT molecular complexity index is 2950. The molecule has 0 saturated carbocycles. The maximum Gasteiger partial charge on any atom is 0.159 e. The Balaban J connectivity index is 1.15. The van der Waals surface area contributed by atoms with Crippen LogP contribution in [0.15, 0.2) is 229 Å². The smallest absolute Gasteiger partial charge is 0.159 e. The summed E-state index contributed by atoms with van der Waals surface area (Å²) in [5.41, 5.74) is 16.6. The van der Waals surface area contributed by atoms with Crippen LogP contribution in [0.25, 0.3) is 55.3 Å².